The number of H-pyrrole nitrogens is 1. The van der Waals surface area contributed by atoms with E-state index in [-0.39, 0.29) is 40.1 Å². The number of carboxylic acid groups (broad SMARTS) is 1. The van der Waals surface area contributed by atoms with E-state index in [1.807, 2.05) is 6.92 Å². The number of phenols is 2. The van der Waals surface area contributed by atoms with Crippen molar-refractivity contribution >= 4 is 74.2 Å². The van der Waals surface area contributed by atoms with E-state index in [0.29, 0.717) is 28.3 Å². The average Bonchev–Trinajstić information content (AvgIpc) is 3.66. The zero-order valence-corrected chi connectivity index (χ0v) is 26.9. The fourth-order valence-corrected chi connectivity index (χ4v) is 7.83. The number of hydrogen-bond acceptors (Lipinski definition) is 12. The van der Waals surface area contributed by atoms with Gasteiger partial charge in [0.05, 0.1) is 11.0 Å². The van der Waals surface area contributed by atoms with E-state index >= 15 is 0 Å². The molecule has 2 aromatic carbocycles. The number of halogens is 1. The summed E-state index contributed by atoms with van der Waals surface area (Å²) in [6.07, 6.45) is 0. The van der Waals surface area contributed by atoms with E-state index < -0.39 is 41.1 Å². The van der Waals surface area contributed by atoms with Crippen molar-refractivity contribution in [3.8, 4) is 11.5 Å². The number of fused-ring (bicyclic) bond motifs is 2. The molecule has 2 unspecified atom stereocenters. The first-order valence-corrected chi connectivity index (χ1v) is 16.4. The van der Waals surface area contributed by atoms with E-state index in [1.165, 1.54) is 35.7 Å². The molecule has 1 fully saturated rings. The Kier molecular flexibility index (Phi) is 8.62. The summed E-state index contributed by atoms with van der Waals surface area (Å²) in [5.74, 6) is -3.84. The number of benzene rings is 2. The number of imidazole rings is 1. The van der Waals surface area contributed by atoms with Crippen LogP contribution in [0, 0.1) is 0 Å². The monoisotopic (exact) mass is 729 g/mol. The van der Waals surface area contributed by atoms with Crippen LogP contribution in [0.15, 0.2) is 57.3 Å². The number of aromatic amines is 1. The molecule has 0 bridgehead atoms. The molecule has 2 aromatic heterocycles. The van der Waals surface area contributed by atoms with Crippen LogP contribution in [0.3, 0.4) is 0 Å². The molecule has 0 radical (unpaired) electrons. The van der Waals surface area contributed by atoms with Crippen molar-refractivity contribution in [1.29, 1.82) is 0 Å². The van der Waals surface area contributed by atoms with Crippen LogP contribution in [-0.2, 0) is 20.9 Å². The number of aromatic hydroxyl groups is 2. The van der Waals surface area contributed by atoms with Crippen molar-refractivity contribution in [2.75, 3.05) is 11.5 Å². The quantitative estimate of drug-likeness (QED) is 0.101. The summed E-state index contributed by atoms with van der Waals surface area (Å²) in [5, 5.41) is 46.6. The van der Waals surface area contributed by atoms with Crippen LogP contribution in [0.4, 0.5) is 0 Å². The minimum atomic E-state index is -1.48. The molecule has 4 aromatic rings. The highest BCUT2D eigenvalue weighted by molar-refractivity contribution is 9.10. The third kappa shape index (κ3) is 5.99. The minimum Gasteiger partial charge on any atom is -0.508 e. The van der Waals surface area contributed by atoms with Gasteiger partial charge in [0.2, 0.25) is 11.1 Å². The van der Waals surface area contributed by atoms with Crippen LogP contribution in [0.1, 0.15) is 29.1 Å². The summed E-state index contributed by atoms with van der Waals surface area (Å²) in [6.45, 7) is 2.40. The number of nitrogens with one attached hydrogen (secondary N) is 3. The van der Waals surface area contributed by atoms with Crippen molar-refractivity contribution in [2.24, 2.45) is 0 Å². The van der Waals surface area contributed by atoms with Gasteiger partial charge in [0.15, 0.2) is 5.82 Å². The van der Waals surface area contributed by atoms with Gasteiger partial charge in [-0.3, -0.25) is 19.3 Å². The molecular formula is C27H24BrN9O7S2. The Morgan fingerprint density at radius 2 is 1.96 bits per heavy atom. The molecule has 0 aliphatic carbocycles. The van der Waals surface area contributed by atoms with Crippen molar-refractivity contribution < 1.29 is 34.5 Å². The molecule has 2 aliphatic rings. The van der Waals surface area contributed by atoms with E-state index in [1.54, 1.807) is 22.9 Å². The van der Waals surface area contributed by atoms with Gasteiger partial charge in [-0.1, -0.05) is 27.7 Å². The molecule has 16 nitrogen and oxygen atoms in total. The maximum Gasteiger partial charge on any atom is 0.352 e. The number of carbonyl (C=O) groups excluding carboxylic acids is 3. The first-order valence-electron chi connectivity index (χ1n) is 13.6. The summed E-state index contributed by atoms with van der Waals surface area (Å²) < 4.78 is 2.31. The van der Waals surface area contributed by atoms with Crippen molar-refractivity contribution in [1.82, 2.24) is 45.7 Å². The summed E-state index contributed by atoms with van der Waals surface area (Å²) in [4.78, 5) is 60.9. The normalized spacial score (nSPS) is 18.2. The number of aromatic nitrogens is 6. The number of amides is 3. The second-order valence-corrected chi connectivity index (χ2v) is 13.1. The van der Waals surface area contributed by atoms with Crippen LogP contribution in [0.25, 0.3) is 11.0 Å². The predicted octanol–water partition coefficient (Wildman–Crippen LogP) is 1.74. The van der Waals surface area contributed by atoms with Crippen LogP contribution in [-0.4, -0.2) is 97.0 Å². The molecule has 0 spiro atoms. The number of hydrogen-bond donors (Lipinski definition) is 6. The molecule has 3 atom stereocenters. The van der Waals surface area contributed by atoms with Gasteiger partial charge in [-0.15, -0.1) is 16.9 Å². The van der Waals surface area contributed by atoms with Gasteiger partial charge in [-0.25, -0.2) is 14.5 Å². The summed E-state index contributed by atoms with van der Waals surface area (Å²) in [7, 11) is 0. The Labute approximate surface area is 276 Å². The number of phenolic OH excluding ortho intramolecular Hbond substituents is 2. The van der Waals surface area contributed by atoms with Gasteiger partial charge in [-0.05, 0) is 58.8 Å². The SMILES string of the molecule is CCn1nnnc1SCC1=C(C(=O)O)N2C(=O)C(NC(=O)C(NC(=O)c3nc4cc(Br)ccc4[nH]3)c3cc(O)cc(O)c3)[C@H]2SC1. The number of aliphatic carboxylic acids is 1. The summed E-state index contributed by atoms with van der Waals surface area (Å²) >= 11 is 5.88. The van der Waals surface area contributed by atoms with E-state index in [9.17, 15) is 34.5 Å². The zero-order chi connectivity index (χ0) is 32.7. The molecule has 238 valence electrons. The molecule has 2 aliphatic heterocycles. The average molecular weight is 731 g/mol. The Morgan fingerprint density at radius 3 is 2.67 bits per heavy atom. The van der Waals surface area contributed by atoms with Gasteiger partial charge in [0.25, 0.3) is 11.8 Å². The van der Waals surface area contributed by atoms with Crippen LogP contribution >= 0.6 is 39.5 Å². The molecular weight excluding hydrogens is 706 g/mol. The molecule has 19 heteroatoms. The first-order chi connectivity index (χ1) is 22.0. The Balaban J connectivity index is 1.22. The lowest BCUT2D eigenvalue weighted by Gasteiger charge is -2.49. The van der Waals surface area contributed by atoms with Gasteiger partial charge in [0, 0.05) is 28.6 Å². The highest BCUT2D eigenvalue weighted by Crippen LogP contribution is 2.41. The predicted molar refractivity (Wildman–Crippen MR) is 168 cm³/mol. The summed E-state index contributed by atoms with van der Waals surface area (Å²) in [6, 6.07) is 6.03. The number of tetrazole rings is 1. The third-order valence-electron chi connectivity index (χ3n) is 7.18. The highest BCUT2D eigenvalue weighted by atomic mass is 79.9. The molecule has 6 N–H and O–H groups in total. The summed E-state index contributed by atoms with van der Waals surface area (Å²) in [5.41, 5.74) is 1.43. The fourth-order valence-electron chi connectivity index (χ4n) is 5.05. The lowest BCUT2D eigenvalue weighted by molar-refractivity contribution is -0.151. The lowest BCUT2D eigenvalue weighted by Crippen LogP contribution is -2.71. The standard InChI is InChI=1S/C27H24BrN9O7S2/c1-2-36-27(33-34-35-36)46-10-12-9-45-25-19(24(42)37(25)20(12)26(43)44)32-22(40)18(11-5-14(38)8-15(39)6-11)31-23(41)21-29-16-4-3-13(28)7-17(16)30-21/h3-8,18-19,25,38-39H,2,9-10H2,1H3,(H,29,30)(H,31,41)(H,32,40)(H,43,44)/t18?,19?,25-/m1/s1. The largest absolute Gasteiger partial charge is 0.508 e. The van der Waals surface area contributed by atoms with E-state index in [0.717, 1.165) is 15.4 Å². The van der Waals surface area contributed by atoms with Gasteiger partial charge in [-0.2, -0.15) is 0 Å². The third-order valence-corrected chi connectivity index (χ3v) is 10.1. The second-order valence-electron chi connectivity index (χ2n) is 10.2. The maximum atomic E-state index is 13.7. The van der Waals surface area contributed by atoms with Gasteiger partial charge >= 0.3 is 5.97 Å². The number of carboxylic acids is 1. The van der Waals surface area contributed by atoms with Gasteiger partial charge in [0.1, 0.15) is 34.7 Å². The number of nitrogens with zero attached hydrogens (tertiary/aromatic N) is 6. The number of carbonyl (C=O) groups is 4. The Hall–Kier alpha value is -4.62. The van der Waals surface area contributed by atoms with Crippen molar-refractivity contribution in [3.05, 3.63) is 63.5 Å². The van der Waals surface area contributed by atoms with E-state index in [2.05, 4.69) is 52.1 Å². The second kappa shape index (κ2) is 12.6. The fraction of sp³-hybridized carbons (Fsp3) is 0.259. The first kappa shape index (κ1) is 31.4. The topological polar surface area (TPSA) is 229 Å². The smallest absolute Gasteiger partial charge is 0.352 e. The maximum absolute atomic E-state index is 13.7. The molecule has 46 heavy (non-hydrogen) atoms. The Morgan fingerprint density at radius 1 is 1.20 bits per heavy atom. The van der Waals surface area contributed by atoms with Crippen LogP contribution < -0.4 is 10.6 Å². The number of thioether (sulfide) groups is 2. The number of β-lactam (4-membered cyclic amide) rings is 1. The number of rotatable bonds is 10. The van der Waals surface area contributed by atoms with Crippen molar-refractivity contribution in [3.63, 3.8) is 0 Å². The highest BCUT2D eigenvalue weighted by Gasteiger charge is 2.54. The minimum absolute atomic E-state index is 0.0296. The Bertz CT molecular complexity index is 1910. The van der Waals surface area contributed by atoms with Gasteiger partial charge < -0.3 is 30.9 Å². The number of aryl methyl sites for hydroxylation is 1. The molecule has 3 amide bonds. The van der Waals surface area contributed by atoms with Crippen LogP contribution in [0.2, 0.25) is 0 Å². The van der Waals surface area contributed by atoms with Crippen LogP contribution in [0.5, 0.6) is 11.5 Å². The molecule has 1 saturated heterocycles. The molecule has 0 saturated carbocycles. The van der Waals surface area contributed by atoms with E-state index in [4.69, 9.17) is 0 Å². The van der Waals surface area contributed by atoms with Crippen molar-refractivity contribution in [2.45, 2.75) is 36.1 Å². The lowest BCUT2D eigenvalue weighted by atomic mass is 10.0. The molecule has 6 rings (SSSR count). The zero-order valence-electron chi connectivity index (χ0n) is 23.7. The molecule has 4 heterocycles.